The third kappa shape index (κ3) is 4.46. The van der Waals surface area contributed by atoms with Gasteiger partial charge >= 0.3 is 6.36 Å². The monoisotopic (exact) mass is 369 g/mol. The molecular formula is C19H19F4NO2. The predicted octanol–water partition coefficient (Wildman–Crippen LogP) is 4.56. The summed E-state index contributed by atoms with van der Waals surface area (Å²) in [6.45, 7) is 1.56. The third-order valence-corrected chi connectivity index (χ3v) is 4.65. The first kappa shape index (κ1) is 18.5. The van der Waals surface area contributed by atoms with Crippen molar-refractivity contribution in [1.29, 1.82) is 0 Å². The topological polar surface area (TPSA) is 41.5 Å². The summed E-state index contributed by atoms with van der Waals surface area (Å²) in [6.07, 6.45) is -3.22. The molecule has 0 amide bonds. The lowest BCUT2D eigenvalue weighted by atomic mass is 9.76. The minimum absolute atomic E-state index is 0.104. The summed E-state index contributed by atoms with van der Waals surface area (Å²) >= 11 is 0. The van der Waals surface area contributed by atoms with Crippen molar-refractivity contribution in [3.05, 3.63) is 59.4 Å². The Morgan fingerprint density at radius 3 is 2.31 bits per heavy atom. The fourth-order valence-electron chi connectivity index (χ4n) is 3.53. The molecule has 7 heteroatoms. The standard InChI is InChI=1S/C19H19F4NO2/c20-14-3-1-12(2-4-14)18(13-7-9-24-10-8-13)16-11-15(5-6-17(16)25)26-19(21,22)23/h1-6,11,13,18,24-25H,7-10H2. The Hall–Kier alpha value is -2.28. The van der Waals surface area contributed by atoms with Gasteiger partial charge in [0.15, 0.2) is 0 Å². The first-order valence-corrected chi connectivity index (χ1v) is 8.38. The molecule has 1 aliphatic rings. The predicted molar refractivity (Wildman–Crippen MR) is 88.6 cm³/mol. The van der Waals surface area contributed by atoms with E-state index >= 15 is 0 Å². The summed E-state index contributed by atoms with van der Waals surface area (Å²) in [5, 5.41) is 13.6. The van der Waals surface area contributed by atoms with Gasteiger partial charge in [0.2, 0.25) is 0 Å². The average molecular weight is 369 g/mol. The Labute approximate surface area is 148 Å². The highest BCUT2D eigenvalue weighted by atomic mass is 19.4. The second-order valence-electron chi connectivity index (χ2n) is 6.39. The highest BCUT2D eigenvalue weighted by Crippen LogP contribution is 2.42. The van der Waals surface area contributed by atoms with E-state index in [-0.39, 0.29) is 23.3 Å². The first-order chi connectivity index (χ1) is 12.3. The molecule has 1 atom stereocenters. The fourth-order valence-corrected chi connectivity index (χ4v) is 3.53. The average Bonchev–Trinajstić information content (AvgIpc) is 2.59. The van der Waals surface area contributed by atoms with Gasteiger partial charge in [-0.2, -0.15) is 0 Å². The van der Waals surface area contributed by atoms with Gasteiger partial charge in [-0.05, 0) is 67.7 Å². The molecule has 2 aromatic carbocycles. The van der Waals surface area contributed by atoms with Gasteiger partial charge in [-0.3, -0.25) is 0 Å². The third-order valence-electron chi connectivity index (χ3n) is 4.65. The fraction of sp³-hybridized carbons (Fsp3) is 0.368. The molecule has 1 aliphatic heterocycles. The number of aromatic hydroxyl groups is 1. The quantitative estimate of drug-likeness (QED) is 0.777. The van der Waals surface area contributed by atoms with Crippen LogP contribution in [-0.4, -0.2) is 24.6 Å². The second-order valence-corrected chi connectivity index (χ2v) is 6.39. The number of rotatable bonds is 4. The number of hydrogen-bond acceptors (Lipinski definition) is 3. The zero-order valence-electron chi connectivity index (χ0n) is 13.9. The van der Waals surface area contributed by atoms with Crippen LogP contribution in [0, 0.1) is 11.7 Å². The van der Waals surface area contributed by atoms with Gasteiger partial charge in [0, 0.05) is 11.5 Å². The maximum Gasteiger partial charge on any atom is 0.573 e. The van der Waals surface area contributed by atoms with E-state index in [1.165, 1.54) is 24.3 Å². The van der Waals surface area contributed by atoms with Crippen molar-refractivity contribution in [3.63, 3.8) is 0 Å². The van der Waals surface area contributed by atoms with Crippen LogP contribution >= 0.6 is 0 Å². The first-order valence-electron chi connectivity index (χ1n) is 8.38. The molecule has 26 heavy (non-hydrogen) atoms. The van der Waals surface area contributed by atoms with Crippen LogP contribution in [0.5, 0.6) is 11.5 Å². The molecule has 0 aromatic heterocycles. The summed E-state index contributed by atoms with van der Waals surface area (Å²) < 4.78 is 55.0. The van der Waals surface area contributed by atoms with Crippen molar-refractivity contribution in [2.45, 2.75) is 25.1 Å². The van der Waals surface area contributed by atoms with Crippen molar-refractivity contribution in [2.24, 2.45) is 5.92 Å². The number of halogens is 4. The number of nitrogens with one attached hydrogen (secondary N) is 1. The molecular weight excluding hydrogens is 350 g/mol. The van der Waals surface area contributed by atoms with E-state index in [1.54, 1.807) is 12.1 Å². The number of piperidine rings is 1. The van der Waals surface area contributed by atoms with E-state index in [4.69, 9.17) is 0 Å². The number of phenols is 1. The number of hydrogen-bond donors (Lipinski definition) is 2. The summed E-state index contributed by atoms with van der Waals surface area (Å²) in [5.74, 6) is -1.13. The minimum atomic E-state index is -4.81. The molecule has 0 bridgehead atoms. The SMILES string of the molecule is Oc1ccc(OC(F)(F)F)cc1C(c1ccc(F)cc1)C1CCNCC1. The van der Waals surface area contributed by atoms with Crippen LogP contribution in [0.25, 0.3) is 0 Å². The molecule has 0 radical (unpaired) electrons. The van der Waals surface area contributed by atoms with Crippen LogP contribution in [-0.2, 0) is 0 Å². The Morgan fingerprint density at radius 1 is 1.04 bits per heavy atom. The zero-order chi connectivity index (χ0) is 18.7. The van der Waals surface area contributed by atoms with E-state index in [0.717, 1.165) is 37.6 Å². The molecule has 3 rings (SSSR count). The molecule has 0 saturated carbocycles. The summed E-state index contributed by atoms with van der Waals surface area (Å²) in [5.41, 5.74) is 1.10. The van der Waals surface area contributed by atoms with Gasteiger partial charge in [0.1, 0.15) is 17.3 Å². The van der Waals surface area contributed by atoms with E-state index < -0.39 is 12.2 Å². The van der Waals surface area contributed by atoms with Gasteiger partial charge in [0.25, 0.3) is 0 Å². The van der Waals surface area contributed by atoms with Gasteiger partial charge in [-0.1, -0.05) is 12.1 Å². The lowest BCUT2D eigenvalue weighted by Crippen LogP contribution is -2.31. The molecule has 3 nitrogen and oxygen atoms in total. The Balaban J connectivity index is 2.03. The number of alkyl halides is 3. The summed E-state index contributed by atoms with van der Waals surface area (Å²) in [4.78, 5) is 0. The van der Waals surface area contributed by atoms with Crippen LogP contribution in [0.1, 0.15) is 29.9 Å². The van der Waals surface area contributed by atoms with Gasteiger partial charge in [-0.15, -0.1) is 13.2 Å². The molecule has 2 N–H and O–H groups in total. The summed E-state index contributed by atoms with van der Waals surface area (Å²) in [6, 6.07) is 9.36. The van der Waals surface area contributed by atoms with Gasteiger partial charge < -0.3 is 15.2 Å². The lowest BCUT2D eigenvalue weighted by molar-refractivity contribution is -0.274. The van der Waals surface area contributed by atoms with Crippen LogP contribution in [0.15, 0.2) is 42.5 Å². The van der Waals surface area contributed by atoms with E-state index in [2.05, 4.69) is 10.1 Å². The Morgan fingerprint density at radius 2 is 1.69 bits per heavy atom. The van der Waals surface area contributed by atoms with Crippen molar-refractivity contribution in [2.75, 3.05) is 13.1 Å². The molecule has 0 spiro atoms. The molecule has 1 fully saturated rings. The van der Waals surface area contributed by atoms with Crippen LogP contribution < -0.4 is 10.1 Å². The highest BCUT2D eigenvalue weighted by molar-refractivity contribution is 5.46. The van der Waals surface area contributed by atoms with Crippen LogP contribution in [0.4, 0.5) is 17.6 Å². The molecule has 1 unspecified atom stereocenters. The van der Waals surface area contributed by atoms with Crippen LogP contribution in [0.2, 0.25) is 0 Å². The molecule has 2 aromatic rings. The number of phenolic OH excluding ortho intramolecular Hbond substituents is 1. The van der Waals surface area contributed by atoms with Crippen molar-refractivity contribution < 1.29 is 27.4 Å². The normalized spacial score (nSPS) is 17.1. The van der Waals surface area contributed by atoms with Gasteiger partial charge in [0.05, 0.1) is 0 Å². The Kier molecular flexibility index (Phi) is 5.36. The van der Waals surface area contributed by atoms with E-state index in [9.17, 15) is 22.7 Å². The minimum Gasteiger partial charge on any atom is -0.508 e. The van der Waals surface area contributed by atoms with Crippen molar-refractivity contribution >= 4 is 0 Å². The van der Waals surface area contributed by atoms with Crippen molar-refractivity contribution in [3.8, 4) is 11.5 Å². The smallest absolute Gasteiger partial charge is 0.508 e. The zero-order valence-corrected chi connectivity index (χ0v) is 13.9. The maximum atomic E-state index is 13.3. The number of benzene rings is 2. The van der Waals surface area contributed by atoms with Crippen LogP contribution in [0.3, 0.4) is 0 Å². The summed E-state index contributed by atoms with van der Waals surface area (Å²) in [7, 11) is 0. The van der Waals surface area contributed by atoms with E-state index in [1.807, 2.05) is 0 Å². The number of ether oxygens (including phenoxy) is 1. The molecule has 0 aliphatic carbocycles. The van der Waals surface area contributed by atoms with Crippen molar-refractivity contribution in [1.82, 2.24) is 5.32 Å². The van der Waals surface area contributed by atoms with Gasteiger partial charge in [-0.25, -0.2) is 4.39 Å². The van der Waals surface area contributed by atoms with E-state index in [0.29, 0.717) is 5.56 Å². The molecule has 1 saturated heterocycles. The largest absolute Gasteiger partial charge is 0.573 e. The highest BCUT2D eigenvalue weighted by Gasteiger charge is 2.33. The maximum absolute atomic E-state index is 13.3. The molecule has 140 valence electrons. The second kappa shape index (κ2) is 7.53. The lowest BCUT2D eigenvalue weighted by Gasteiger charge is -2.32. The Bertz CT molecular complexity index is 740. The molecule has 1 heterocycles.